The highest BCUT2D eigenvalue weighted by molar-refractivity contribution is 6.30. The summed E-state index contributed by atoms with van der Waals surface area (Å²) >= 11 is 5.81. The average molecular weight is 317 g/mol. The van der Waals surface area contributed by atoms with Crippen LogP contribution in [0.1, 0.15) is 24.9 Å². The molecule has 2 N–H and O–H groups in total. The third kappa shape index (κ3) is 4.90. The summed E-state index contributed by atoms with van der Waals surface area (Å²) in [5, 5.41) is 6.20. The number of amides is 2. The van der Waals surface area contributed by atoms with Gasteiger partial charge in [-0.25, -0.2) is 0 Å². The smallest absolute Gasteiger partial charge is 0.226 e. The van der Waals surface area contributed by atoms with Crippen LogP contribution in [0.2, 0.25) is 5.02 Å². The minimum absolute atomic E-state index is 0.159. The van der Waals surface area contributed by atoms with Crippen LogP contribution in [0.3, 0.4) is 0 Å². The fourth-order valence-corrected chi connectivity index (χ4v) is 2.24. The number of hydrogen-bond donors (Lipinski definition) is 2. The van der Waals surface area contributed by atoms with E-state index in [1.807, 2.05) is 30.3 Å². The van der Waals surface area contributed by atoms with Crippen molar-refractivity contribution in [2.45, 2.75) is 19.4 Å². The Morgan fingerprint density at radius 1 is 1.05 bits per heavy atom. The normalized spacial score (nSPS) is 11.5. The highest BCUT2D eigenvalue weighted by Gasteiger charge is 2.16. The molecule has 0 unspecified atom stereocenters. The lowest BCUT2D eigenvalue weighted by Gasteiger charge is -2.18. The predicted molar refractivity (Wildman–Crippen MR) is 87.7 cm³/mol. The third-order valence-electron chi connectivity index (χ3n) is 3.10. The van der Waals surface area contributed by atoms with E-state index < -0.39 is 0 Å². The van der Waals surface area contributed by atoms with Crippen LogP contribution in [0.5, 0.6) is 0 Å². The van der Waals surface area contributed by atoms with E-state index in [0.29, 0.717) is 10.7 Å². The molecule has 2 aromatic rings. The van der Waals surface area contributed by atoms with Gasteiger partial charge in [0.05, 0.1) is 12.5 Å². The van der Waals surface area contributed by atoms with E-state index in [2.05, 4.69) is 10.6 Å². The molecule has 2 aromatic carbocycles. The van der Waals surface area contributed by atoms with Crippen LogP contribution < -0.4 is 10.6 Å². The van der Waals surface area contributed by atoms with Gasteiger partial charge >= 0.3 is 0 Å². The molecular weight excluding hydrogens is 300 g/mol. The van der Waals surface area contributed by atoms with E-state index in [1.54, 1.807) is 24.3 Å². The minimum atomic E-state index is -0.356. The maximum absolute atomic E-state index is 12.2. The maximum atomic E-state index is 12.2. The number of rotatable bonds is 5. The number of carbonyl (C=O) groups is 2. The summed E-state index contributed by atoms with van der Waals surface area (Å²) in [6.45, 7) is 1.44. The van der Waals surface area contributed by atoms with Gasteiger partial charge in [0, 0.05) is 17.6 Å². The van der Waals surface area contributed by atoms with Crippen LogP contribution in [-0.4, -0.2) is 11.8 Å². The molecule has 1 atom stereocenters. The van der Waals surface area contributed by atoms with Crippen molar-refractivity contribution < 1.29 is 9.59 Å². The molecule has 0 aromatic heterocycles. The quantitative estimate of drug-likeness (QED) is 0.886. The Morgan fingerprint density at radius 3 is 2.27 bits per heavy atom. The van der Waals surface area contributed by atoms with E-state index in [1.165, 1.54) is 6.92 Å². The van der Waals surface area contributed by atoms with Crippen molar-refractivity contribution in [2.24, 2.45) is 0 Å². The fourth-order valence-electron chi connectivity index (χ4n) is 2.11. The van der Waals surface area contributed by atoms with Crippen LogP contribution in [0.25, 0.3) is 0 Å². The van der Waals surface area contributed by atoms with Crippen molar-refractivity contribution >= 4 is 29.1 Å². The van der Waals surface area contributed by atoms with Gasteiger partial charge in [-0.05, 0) is 29.8 Å². The summed E-state index contributed by atoms with van der Waals surface area (Å²) in [4.78, 5) is 23.5. The van der Waals surface area contributed by atoms with E-state index in [4.69, 9.17) is 11.6 Å². The van der Waals surface area contributed by atoms with Crippen LogP contribution in [0, 0.1) is 0 Å². The van der Waals surface area contributed by atoms with Gasteiger partial charge in [0.15, 0.2) is 0 Å². The van der Waals surface area contributed by atoms with Gasteiger partial charge in [0.2, 0.25) is 11.8 Å². The molecule has 5 heteroatoms. The predicted octanol–water partition coefficient (Wildman–Crippen LogP) is 3.55. The molecule has 114 valence electrons. The Kier molecular flexibility index (Phi) is 5.55. The standard InChI is InChI=1S/C17H17ClN2O2/c1-12(21)19-16(13-5-3-2-4-6-13)11-17(22)20-15-9-7-14(18)8-10-15/h2-10,16H,11H2,1H3,(H,19,21)(H,20,22)/t16-/m0/s1. The maximum Gasteiger partial charge on any atom is 0.226 e. The number of nitrogens with one attached hydrogen (secondary N) is 2. The van der Waals surface area contributed by atoms with E-state index in [0.717, 1.165) is 5.56 Å². The number of benzene rings is 2. The van der Waals surface area contributed by atoms with Crippen LogP contribution in [-0.2, 0) is 9.59 Å². The van der Waals surface area contributed by atoms with Crippen LogP contribution in [0.4, 0.5) is 5.69 Å². The molecule has 0 radical (unpaired) electrons. The first kappa shape index (κ1) is 16.0. The van der Waals surface area contributed by atoms with Gasteiger partial charge in [-0.15, -0.1) is 0 Å². The number of anilines is 1. The summed E-state index contributed by atoms with van der Waals surface area (Å²) in [6.07, 6.45) is 0.159. The first-order valence-electron chi connectivity index (χ1n) is 6.92. The molecule has 0 aliphatic heterocycles. The number of halogens is 1. The fraction of sp³-hybridized carbons (Fsp3) is 0.176. The number of hydrogen-bond acceptors (Lipinski definition) is 2. The lowest BCUT2D eigenvalue weighted by molar-refractivity contribution is -0.120. The zero-order valence-electron chi connectivity index (χ0n) is 12.2. The van der Waals surface area contributed by atoms with Crippen LogP contribution >= 0.6 is 11.6 Å². The largest absolute Gasteiger partial charge is 0.349 e. The molecular formula is C17H17ClN2O2. The highest BCUT2D eigenvalue weighted by Crippen LogP contribution is 2.18. The summed E-state index contributed by atoms with van der Waals surface area (Å²) < 4.78 is 0. The van der Waals surface area contributed by atoms with Gasteiger partial charge in [0.25, 0.3) is 0 Å². The first-order valence-corrected chi connectivity index (χ1v) is 7.30. The van der Waals surface area contributed by atoms with Crippen molar-refractivity contribution in [3.63, 3.8) is 0 Å². The monoisotopic (exact) mass is 316 g/mol. The van der Waals surface area contributed by atoms with Crippen molar-refractivity contribution in [3.8, 4) is 0 Å². The Hall–Kier alpha value is -2.33. The molecule has 0 heterocycles. The Labute approximate surface area is 134 Å². The zero-order valence-corrected chi connectivity index (χ0v) is 12.9. The van der Waals surface area contributed by atoms with Crippen molar-refractivity contribution in [1.29, 1.82) is 0 Å². The number of carbonyl (C=O) groups excluding carboxylic acids is 2. The molecule has 0 saturated heterocycles. The molecule has 0 bridgehead atoms. The van der Waals surface area contributed by atoms with Crippen molar-refractivity contribution in [1.82, 2.24) is 5.32 Å². The topological polar surface area (TPSA) is 58.2 Å². The second-order valence-electron chi connectivity index (χ2n) is 4.92. The second-order valence-corrected chi connectivity index (χ2v) is 5.36. The Morgan fingerprint density at radius 2 is 1.68 bits per heavy atom. The molecule has 4 nitrogen and oxygen atoms in total. The van der Waals surface area contributed by atoms with Gasteiger partial charge in [-0.2, -0.15) is 0 Å². The Balaban J connectivity index is 2.04. The summed E-state index contributed by atoms with van der Waals surface area (Å²) in [5.41, 5.74) is 1.56. The third-order valence-corrected chi connectivity index (χ3v) is 3.35. The average Bonchev–Trinajstić information content (AvgIpc) is 2.49. The minimum Gasteiger partial charge on any atom is -0.349 e. The summed E-state index contributed by atoms with van der Waals surface area (Å²) in [6, 6.07) is 15.9. The van der Waals surface area contributed by atoms with Crippen LogP contribution in [0.15, 0.2) is 54.6 Å². The van der Waals surface area contributed by atoms with Gasteiger partial charge in [-0.1, -0.05) is 41.9 Å². The van der Waals surface area contributed by atoms with Gasteiger partial charge in [0.1, 0.15) is 0 Å². The van der Waals surface area contributed by atoms with E-state index >= 15 is 0 Å². The molecule has 2 rings (SSSR count). The van der Waals surface area contributed by atoms with Gasteiger partial charge in [-0.3, -0.25) is 9.59 Å². The lowest BCUT2D eigenvalue weighted by Crippen LogP contribution is -2.29. The molecule has 0 saturated carbocycles. The molecule has 2 amide bonds. The molecule has 22 heavy (non-hydrogen) atoms. The molecule has 0 fully saturated rings. The van der Waals surface area contributed by atoms with Crippen molar-refractivity contribution in [3.05, 3.63) is 65.2 Å². The first-order chi connectivity index (χ1) is 10.5. The highest BCUT2D eigenvalue weighted by atomic mass is 35.5. The Bertz CT molecular complexity index is 641. The summed E-state index contributed by atoms with van der Waals surface area (Å²) in [5.74, 6) is -0.349. The lowest BCUT2D eigenvalue weighted by atomic mass is 10.0. The molecule has 0 aliphatic carbocycles. The van der Waals surface area contributed by atoms with E-state index in [-0.39, 0.29) is 24.3 Å². The summed E-state index contributed by atoms with van der Waals surface area (Å²) in [7, 11) is 0. The molecule has 0 aliphatic rings. The van der Waals surface area contributed by atoms with Gasteiger partial charge < -0.3 is 10.6 Å². The van der Waals surface area contributed by atoms with Crippen molar-refractivity contribution in [2.75, 3.05) is 5.32 Å². The second kappa shape index (κ2) is 7.61. The zero-order chi connectivity index (χ0) is 15.9. The SMILES string of the molecule is CC(=O)N[C@@H](CC(=O)Nc1ccc(Cl)cc1)c1ccccc1. The van der Waals surface area contributed by atoms with E-state index in [9.17, 15) is 9.59 Å². The molecule has 0 spiro atoms.